The molecule has 1 unspecified atom stereocenters. The van der Waals surface area contributed by atoms with Gasteiger partial charge < -0.3 is 14.5 Å². The lowest BCUT2D eigenvalue weighted by molar-refractivity contribution is -0.139. The van der Waals surface area contributed by atoms with Gasteiger partial charge in [0.1, 0.15) is 6.61 Å². The van der Waals surface area contributed by atoms with E-state index in [1.165, 1.54) is 30.4 Å². The summed E-state index contributed by atoms with van der Waals surface area (Å²) in [6, 6.07) is 26.9. The first-order valence-corrected chi connectivity index (χ1v) is 15.4. The molecule has 0 aliphatic carbocycles. The molecular formula is C34H41Cl3N2O2. The number of carbonyl (C=O) groups is 1. The molecule has 2 fully saturated rings. The summed E-state index contributed by atoms with van der Waals surface area (Å²) in [6.45, 7) is 5.27. The summed E-state index contributed by atoms with van der Waals surface area (Å²) < 4.78 is 5.81. The highest BCUT2D eigenvalue weighted by atomic mass is 35.5. The van der Waals surface area contributed by atoms with Gasteiger partial charge in [0, 0.05) is 18.5 Å². The summed E-state index contributed by atoms with van der Waals surface area (Å²) in [5.74, 6) is 0.808. The van der Waals surface area contributed by atoms with Crippen LogP contribution in [-0.4, -0.2) is 55.0 Å². The first-order valence-electron chi connectivity index (χ1n) is 14.6. The van der Waals surface area contributed by atoms with Crippen molar-refractivity contribution in [3.8, 4) is 0 Å². The summed E-state index contributed by atoms with van der Waals surface area (Å²) in [4.78, 5) is 17.9. The lowest BCUT2D eigenvalue weighted by Gasteiger charge is -2.45. The quantitative estimate of drug-likeness (QED) is 0.233. The zero-order chi connectivity index (χ0) is 27.8. The van der Waals surface area contributed by atoms with Crippen molar-refractivity contribution in [2.75, 3.05) is 39.3 Å². The third-order valence-electron chi connectivity index (χ3n) is 8.78. The molecule has 1 amide bonds. The molecule has 0 bridgehead atoms. The molecule has 41 heavy (non-hydrogen) atoms. The topological polar surface area (TPSA) is 32.8 Å². The van der Waals surface area contributed by atoms with Crippen molar-refractivity contribution in [3.63, 3.8) is 0 Å². The second-order valence-electron chi connectivity index (χ2n) is 11.5. The van der Waals surface area contributed by atoms with Crippen LogP contribution in [0.5, 0.6) is 0 Å². The van der Waals surface area contributed by atoms with Gasteiger partial charge in [-0.05, 0) is 92.9 Å². The average molecular weight is 616 g/mol. The Kier molecular flexibility index (Phi) is 12.0. The fourth-order valence-corrected chi connectivity index (χ4v) is 6.71. The molecule has 1 atom stereocenters. The highest BCUT2D eigenvalue weighted by Crippen LogP contribution is 2.40. The molecule has 3 aromatic carbocycles. The zero-order valence-electron chi connectivity index (χ0n) is 23.7. The molecular weight excluding hydrogens is 575 g/mol. The van der Waals surface area contributed by atoms with Crippen LogP contribution in [-0.2, 0) is 28.0 Å². The third kappa shape index (κ3) is 8.72. The summed E-state index contributed by atoms with van der Waals surface area (Å²) in [5.41, 5.74) is 3.55. The van der Waals surface area contributed by atoms with Gasteiger partial charge in [-0.25, -0.2) is 0 Å². The SMILES string of the molecule is Cl.O=C(COCc1ccccc1)N1CCCC(CCN2CCC(Cc3ccccc3)CC2)(c2ccc(Cl)c(Cl)c2)C1. The number of halogens is 3. The van der Waals surface area contributed by atoms with E-state index in [2.05, 4.69) is 41.3 Å². The fourth-order valence-electron chi connectivity index (χ4n) is 6.41. The summed E-state index contributed by atoms with van der Waals surface area (Å²) in [6.07, 6.45) is 6.62. The highest BCUT2D eigenvalue weighted by Gasteiger charge is 2.39. The van der Waals surface area contributed by atoms with Crippen LogP contribution >= 0.6 is 35.6 Å². The molecule has 0 spiro atoms. The second-order valence-corrected chi connectivity index (χ2v) is 12.3. The Morgan fingerprint density at radius 1 is 0.878 bits per heavy atom. The van der Waals surface area contributed by atoms with E-state index < -0.39 is 0 Å². The molecule has 220 valence electrons. The van der Waals surface area contributed by atoms with E-state index in [1.54, 1.807) is 0 Å². The van der Waals surface area contributed by atoms with Gasteiger partial charge in [0.2, 0.25) is 5.91 Å². The van der Waals surface area contributed by atoms with Crippen LogP contribution in [0.3, 0.4) is 0 Å². The minimum Gasteiger partial charge on any atom is -0.367 e. The van der Waals surface area contributed by atoms with Crippen LogP contribution in [0, 0.1) is 5.92 Å². The summed E-state index contributed by atoms with van der Waals surface area (Å²) >= 11 is 12.8. The maximum Gasteiger partial charge on any atom is 0.248 e. The third-order valence-corrected chi connectivity index (χ3v) is 9.52. The Labute approximate surface area is 261 Å². The van der Waals surface area contributed by atoms with Crippen molar-refractivity contribution in [2.24, 2.45) is 5.92 Å². The van der Waals surface area contributed by atoms with Gasteiger partial charge in [-0.1, -0.05) is 89.9 Å². The number of amides is 1. The number of likely N-dealkylation sites (tertiary alicyclic amines) is 2. The molecule has 5 rings (SSSR count). The lowest BCUT2D eigenvalue weighted by atomic mass is 9.71. The van der Waals surface area contributed by atoms with Crippen LogP contribution in [0.25, 0.3) is 0 Å². The standard InChI is InChI=1S/C34H40Cl2N2O2.ClH/c35-31-13-12-30(23-32(31)36)34(17-21-37-19-14-28(15-20-37)22-27-8-3-1-4-9-27)16-7-18-38(26-34)33(39)25-40-24-29-10-5-2-6-11-29;/h1-6,8-13,23,28H,7,14-22,24-26H2;1H. The molecule has 0 N–H and O–H groups in total. The minimum atomic E-state index is -0.150. The average Bonchev–Trinajstić information content (AvgIpc) is 2.99. The van der Waals surface area contributed by atoms with Crippen molar-refractivity contribution >= 4 is 41.5 Å². The zero-order valence-corrected chi connectivity index (χ0v) is 26.0. The number of nitrogens with zero attached hydrogens (tertiary/aromatic N) is 2. The number of piperidine rings is 2. The van der Waals surface area contributed by atoms with E-state index in [0.29, 0.717) is 23.2 Å². The molecule has 2 aliphatic heterocycles. The number of hydrogen-bond acceptors (Lipinski definition) is 3. The number of benzene rings is 3. The van der Waals surface area contributed by atoms with Crippen LogP contribution < -0.4 is 0 Å². The van der Waals surface area contributed by atoms with E-state index in [9.17, 15) is 4.79 Å². The van der Waals surface area contributed by atoms with Crippen molar-refractivity contribution in [2.45, 2.75) is 50.5 Å². The Morgan fingerprint density at radius 3 is 2.24 bits per heavy atom. The molecule has 7 heteroatoms. The summed E-state index contributed by atoms with van der Waals surface area (Å²) in [7, 11) is 0. The number of rotatable bonds is 10. The first kappa shape index (κ1) is 31.8. The van der Waals surface area contributed by atoms with Crippen LogP contribution in [0.2, 0.25) is 10.0 Å². The maximum absolute atomic E-state index is 13.3. The monoisotopic (exact) mass is 614 g/mol. The van der Waals surface area contributed by atoms with E-state index in [-0.39, 0.29) is 30.3 Å². The summed E-state index contributed by atoms with van der Waals surface area (Å²) in [5, 5.41) is 1.15. The molecule has 4 nitrogen and oxygen atoms in total. The van der Waals surface area contributed by atoms with Gasteiger partial charge in [-0.15, -0.1) is 12.4 Å². The van der Waals surface area contributed by atoms with Crippen molar-refractivity contribution in [3.05, 3.63) is 106 Å². The van der Waals surface area contributed by atoms with Crippen LogP contribution in [0.1, 0.15) is 48.8 Å². The molecule has 0 aromatic heterocycles. The highest BCUT2D eigenvalue weighted by molar-refractivity contribution is 6.42. The van der Waals surface area contributed by atoms with E-state index in [1.807, 2.05) is 47.4 Å². The molecule has 2 aliphatic rings. The lowest BCUT2D eigenvalue weighted by Crippen LogP contribution is -2.51. The number of carbonyl (C=O) groups excluding carboxylic acids is 1. The fraction of sp³-hybridized carbons (Fsp3) is 0.441. The maximum atomic E-state index is 13.3. The van der Waals surface area contributed by atoms with Crippen molar-refractivity contribution < 1.29 is 9.53 Å². The Morgan fingerprint density at radius 2 is 1.56 bits per heavy atom. The predicted octanol–water partition coefficient (Wildman–Crippen LogP) is 7.84. The minimum absolute atomic E-state index is 0. The van der Waals surface area contributed by atoms with Gasteiger partial charge in [-0.2, -0.15) is 0 Å². The molecule has 2 saturated heterocycles. The largest absolute Gasteiger partial charge is 0.367 e. The van der Waals surface area contributed by atoms with Crippen LogP contribution in [0.4, 0.5) is 0 Å². The number of ether oxygens (including phenoxy) is 1. The second kappa shape index (κ2) is 15.4. The van der Waals surface area contributed by atoms with Gasteiger partial charge in [0.05, 0.1) is 16.7 Å². The van der Waals surface area contributed by atoms with Gasteiger partial charge in [0.15, 0.2) is 0 Å². The Balaban J connectivity index is 0.00000387. The number of hydrogen-bond donors (Lipinski definition) is 0. The van der Waals surface area contributed by atoms with Gasteiger partial charge in [-0.3, -0.25) is 4.79 Å². The normalized spacial score (nSPS) is 20.0. The Bertz CT molecular complexity index is 1240. The van der Waals surface area contributed by atoms with Crippen LogP contribution in [0.15, 0.2) is 78.9 Å². The van der Waals surface area contributed by atoms with E-state index in [4.69, 9.17) is 27.9 Å². The predicted molar refractivity (Wildman–Crippen MR) is 171 cm³/mol. The van der Waals surface area contributed by atoms with E-state index >= 15 is 0 Å². The first-order chi connectivity index (χ1) is 19.5. The van der Waals surface area contributed by atoms with Crippen molar-refractivity contribution in [1.82, 2.24) is 9.80 Å². The van der Waals surface area contributed by atoms with E-state index in [0.717, 1.165) is 56.9 Å². The Hall–Kier alpha value is -2.08. The van der Waals surface area contributed by atoms with Gasteiger partial charge >= 0.3 is 0 Å². The van der Waals surface area contributed by atoms with Gasteiger partial charge in [0.25, 0.3) is 0 Å². The molecule has 0 saturated carbocycles. The molecule has 3 aromatic rings. The molecule has 2 heterocycles. The molecule has 0 radical (unpaired) electrons. The smallest absolute Gasteiger partial charge is 0.248 e. The van der Waals surface area contributed by atoms with Crippen molar-refractivity contribution in [1.29, 1.82) is 0 Å².